The minimum atomic E-state index is -4.32. The van der Waals surface area contributed by atoms with Gasteiger partial charge in [-0.1, -0.05) is 6.92 Å². The zero-order chi connectivity index (χ0) is 25.5. The topological polar surface area (TPSA) is 18.5 Å². The molecule has 4 aliphatic rings. The van der Waals surface area contributed by atoms with Crippen molar-refractivity contribution in [2.75, 3.05) is 6.61 Å². The van der Waals surface area contributed by atoms with Crippen LogP contribution in [-0.4, -0.2) is 62.0 Å². The SMILES string of the molecule is CC1CCC(C2CCC(C3CC(F)C(C(F)(F)OC4CC(F)C(F)C(F)C4)C(F)C3)C(F)C2)OC1. The highest BCUT2D eigenvalue weighted by atomic mass is 19.3. The molecule has 10 heteroatoms. The van der Waals surface area contributed by atoms with Gasteiger partial charge in [0.05, 0.1) is 12.2 Å². The third-order valence-electron chi connectivity index (χ3n) is 8.75. The van der Waals surface area contributed by atoms with Gasteiger partial charge in [0.1, 0.15) is 36.8 Å². The second kappa shape index (κ2) is 11.0. The van der Waals surface area contributed by atoms with Crippen molar-refractivity contribution in [3.8, 4) is 0 Å². The number of halogens is 8. The molecule has 1 heterocycles. The molecule has 0 aromatic heterocycles. The lowest BCUT2D eigenvalue weighted by atomic mass is 9.66. The van der Waals surface area contributed by atoms with Crippen LogP contribution in [0.1, 0.15) is 64.7 Å². The van der Waals surface area contributed by atoms with E-state index in [1.54, 1.807) is 0 Å². The Morgan fingerprint density at radius 1 is 0.686 bits per heavy atom. The average molecular weight is 521 g/mol. The van der Waals surface area contributed by atoms with Crippen LogP contribution >= 0.6 is 0 Å². The average Bonchev–Trinajstić information content (AvgIpc) is 2.76. The molecule has 9 unspecified atom stereocenters. The van der Waals surface area contributed by atoms with Gasteiger partial charge in [-0.15, -0.1) is 0 Å². The van der Waals surface area contributed by atoms with E-state index in [4.69, 9.17) is 4.74 Å². The zero-order valence-corrected chi connectivity index (χ0v) is 19.9. The van der Waals surface area contributed by atoms with E-state index in [2.05, 4.69) is 11.7 Å². The first-order valence-corrected chi connectivity index (χ1v) is 13.0. The summed E-state index contributed by atoms with van der Waals surface area (Å²) in [7, 11) is 0. The molecule has 3 aliphatic carbocycles. The molecule has 0 N–H and O–H groups in total. The minimum absolute atomic E-state index is 0.0138. The molecule has 0 bridgehead atoms. The van der Waals surface area contributed by atoms with Crippen LogP contribution in [0.15, 0.2) is 0 Å². The van der Waals surface area contributed by atoms with Crippen LogP contribution in [-0.2, 0) is 9.47 Å². The molecule has 35 heavy (non-hydrogen) atoms. The molecule has 0 aromatic carbocycles. The molecule has 204 valence electrons. The number of alkyl halides is 8. The van der Waals surface area contributed by atoms with E-state index >= 15 is 4.39 Å². The van der Waals surface area contributed by atoms with Crippen molar-refractivity contribution in [1.29, 1.82) is 0 Å². The molecule has 0 aromatic rings. The summed E-state index contributed by atoms with van der Waals surface area (Å²) in [4.78, 5) is 0. The number of hydrogen-bond donors (Lipinski definition) is 0. The Morgan fingerprint density at radius 3 is 1.83 bits per heavy atom. The summed E-state index contributed by atoms with van der Waals surface area (Å²) in [6, 6.07) is 0. The summed E-state index contributed by atoms with van der Waals surface area (Å²) >= 11 is 0. The zero-order valence-electron chi connectivity index (χ0n) is 19.9. The van der Waals surface area contributed by atoms with E-state index in [-0.39, 0.29) is 18.4 Å². The van der Waals surface area contributed by atoms with Gasteiger partial charge in [0.15, 0.2) is 6.17 Å². The Bertz CT molecular complexity index is 666. The Morgan fingerprint density at radius 2 is 1.29 bits per heavy atom. The molecule has 1 saturated heterocycles. The van der Waals surface area contributed by atoms with Crippen LogP contribution in [0.2, 0.25) is 0 Å². The molecular formula is C25H36F8O2. The van der Waals surface area contributed by atoms with Crippen molar-refractivity contribution in [3.05, 3.63) is 0 Å². The van der Waals surface area contributed by atoms with Gasteiger partial charge in [0.25, 0.3) is 0 Å². The molecule has 3 saturated carbocycles. The summed E-state index contributed by atoms with van der Waals surface area (Å²) in [6.45, 7) is 2.74. The monoisotopic (exact) mass is 520 g/mol. The van der Waals surface area contributed by atoms with Gasteiger partial charge in [-0.05, 0) is 68.6 Å². The van der Waals surface area contributed by atoms with Gasteiger partial charge in [-0.2, -0.15) is 8.78 Å². The first kappa shape index (κ1) is 27.4. The molecule has 4 rings (SSSR count). The molecule has 0 amide bonds. The molecule has 0 radical (unpaired) electrons. The molecule has 1 aliphatic heterocycles. The van der Waals surface area contributed by atoms with E-state index in [1.165, 1.54) is 0 Å². The minimum Gasteiger partial charge on any atom is -0.378 e. The van der Waals surface area contributed by atoms with Crippen molar-refractivity contribution in [2.45, 2.75) is 120 Å². The molecule has 0 spiro atoms. The Hall–Kier alpha value is -0.640. The van der Waals surface area contributed by atoms with Gasteiger partial charge in [0.2, 0.25) is 0 Å². The molecule has 9 atom stereocenters. The van der Waals surface area contributed by atoms with Crippen LogP contribution in [0, 0.1) is 29.6 Å². The van der Waals surface area contributed by atoms with Gasteiger partial charge in [-0.3, -0.25) is 0 Å². The first-order chi connectivity index (χ1) is 16.5. The normalized spacial score (nSPS) is 50.1. The summed E-state index contributed by atoms with van der Waals surface area (Å²) in [5.41, 5.74) is 0. The fourth-order valence-electron chi connectivity index (χ4n) is 6.76. The van der Waals surface area contributed by atoms with E-state index in [1.807, 2.05) is 0 Å². The molecule has 4 fully saturated rings. The predicted octanol–water partition coefficient (Wildman–Crippen LogP) is 7.04. The summed E-state index contributed by atoms with van der Waals surface area (Å²) in [5, 5.41) is 0. The van der Waals surface area contributed by atoms with E-state index in [0.29, 0.717) is 25.4 Å². The van der Waals surface area contributed by atoms with Crippen LogP contribution in [0.5, 0.6) is 0 Å². The lowest BCUT2D eigenvalue weighted by Gasteiger charge is -2.45. The number of rotatable bonds is 5. The largest absolute Gasteiger partial charge is 0.378 e. The number of ether oxygens (including phenoxy) is 2. The lowest BCUT2D eigenvalue weighted by molar-refractivity contribution is -0.323. The highest BCUT2D eigenvalue weighted by molar-refractivity contribution is 4.97. The molecular weight excluding hydrogens is 484 g/mol. The van der Waals surface area contributed by atoms with Gasteiger partial charge in [-0.25, -0.2) is 26.3 Å². The Labute approximate surface area is 201 Å². The summed E-state index contributed by atoms with van der Waals surface area (Å²) in [6.07, 6.45) is -18.2. The van der Waals surface area contributed by atoms with Crippen molar-refractivity contribution in [1.82, 2.24) is 0 Å². The highest BCUT2D eigenvalue weighted by Gasteiger charge is 2.57. The highest BCUT2D eigenvalue weighted by Crippen LogP contribution is 2.50. The van der Waals surface area contributed by atoms with Crippen molar-refractivity contribution in [2.24, 2.45) is 29.6 Å². The smallest absolute Gasteiger partial charge is 0.364 e. The fourth-order valence-corrected chi connectivity index (χ4v) is 6.76. The first-order valence-electron chi connectivity index (χ1n) is 13.0. The predicted molar refractivity (Wildman–Crippen MR) is 114 cm³/mol. The van der Waals surface area contributed by atoms with E-state index in [9.17, 15) is 30.7 Å². The maximum atomic E-state index is 15.1. The lowest BCUT2D eigenvalue weighted by Crippen LogP contribution is -2.52. The maximum Gasteiger partial charge on any atom is 0.364 e. The second-order valence-electron chi connectivity index (χ2n) is 11.3. The quantitative estimate of drug-likeness (QED) is 0.362. The van der Waals surface area contributed by atoms with Gasteiger partial charge in [0, 0.05) is 19.4 Å². The van der Waals surface area contributed by atoms with Crippen LogP contribution in [0.25, 0.3) is 0 Å². The van der Waals surface area contributed by atoms with Gasteiger partial charge < -0.3 is 9.47 Å². The summed E-state index contributed by atoms with van der Waals surface area (Å²) < 4.78 is 125. The van der Waals surface area contributed by atoms with Crippen LogP contribution < -0.4 is 0 Å². The Kier molecular flexibility index (Phi) is 8.61. The van der Waals surface area contributed by atoms with Crippen molar-refractivity contribution in [3.63, 3.8) is 0 Å². The third kappa shape index (κ3) is 6.10. The number of hydrogen-bond acceptors (Lipinski definition) is 2. The summed E-state index contributed by atoms with van der Waals surface area (Å²) in [5.74, 6) is -3.27. The van der Waals surface area contributed by atoms with E-state index in [0.717, 1.165) is 12.8 Å². The standard InChI is InChI=1S/C25H36F8O2/c1-12-2-5-22(34-11-12)13-3-4-16(17(26)6-13)14-7-18(27)23(19(28)8-14)25(32,33)35-15-9-20(29)24(31)21(30)10-15/h12-24H,2-11H2,1H3. The fraction of sp³-hybridized carbons (Fsp3) is 1.00. The maximum absolute atomic E-state index is 15.1. The van der Waals surface area contributed by atoms with Crippen molar-refractivity contribution >= 4 is 0 Å². The second-order valence-corrected chi connectivity index (χ2v) is 11.3. The Balaban J connectivity index is 1.32. The van der Waals surface area contributed by atoms with Crippen molar-refractivity contribution < 1.29 is 44.6 Å². The van der Waals surface area contributed by atoms with Crippen LogP contribution in [0.3, 0.4) is 0 Å². The molecule has 2 nitrogen and oxygen atoms in total. The van der Waals surface area contributed by atoms with Gasteiger partial charge >= 0.3 is 6.11 Å². The third-order valence-corrected chi connectivity index (χ3v) is 8.75. The van der Waals surface area contributed by atoms with E-state index < -0.39 is 92.7 Å². The van der Waals surface area contributed by atoms with Crippen LogP contribution in [0.4, 0.5) is 35.1 Å².